The molecule has 46 valence electrons. The summed E-state index contributed by atoms with van der Waals surface area (Å²) >= 11 is 0. The van der Waals surface area contributed by atoms with Gasteiger partial charge in [-0.15, -0.1) is 0 Å². The Morgan fingerprint density at radius 1 is 1.33 bits per heavy atom. The van der Waals surface area contributed by atoms with E-state index in [4.69, 9.17) is 0 Å². The van der Waals surface area contributed by atoms with Gasteiger partial charge in [0.25, 0.3) is 0 Å². The number of hydrogen-bond acceptors (Lipinski definition) is 1. The lowest BCUT2D eigenvalue weighted by Crippen LogP contribution is -2.27. The zero-order chi connectivity index (χ0) is 6.27. The zero-order valence-electron chi connectivity index (χ0n) is 5.08. The summed E-state index contributed by atoms with van der Waals surface area (Å²) in [7, 11) is 0. The van der Waals surface area contributed by atoms with E-state index in [9.17, 15) is 4.79 Å². The molecule has 0 aliphatic heterocycles. The van der Waals surface area contributed by atoms with E-state index in [1.165, 1.54) is 0 Å². The van der Waals surface area contributed by atoms with E-state index in [0.29, 0.717) is 18.1 Å². The summed E-state index contributed by atoms with van der Waals surface area (Å²) in [5.41, 5.74) is 0. The maximum absolute atomic E-state index is 11.0. The highest BCUT2D eigenvalue weighted by molar-refractivity contribution is 5.87. The molecule has 0 amide bonds. The molecule has 0 N–H and O–H groups in total. The number of rotatable bonds is 0. The van der Waals surface area contributed by atoms with E-state index in [2.05, 4.69) is 12.2 Å². The van der Waals surface area contributed by atoms with Crippen molar-refractivity contribution in [1.29, 1.82) is 0 Å². The van der Waals surface area contributed by atoms with Gasteiger partial charge in [0.05, 0.1) is 0 Å². The van der Waals surface area contributed by atoms with Crippen molar-refractivity contribution >= 4 is 5.78 Å². The van der Waals surface area contributed by atoms with Crippen LogP contribution in [0.25, 0.3) is 0 Å². The number of hydrogen-bond donors (Lipinski definition) is 0. The van der Waals surface area contributed by atoms with E-state index >= 15 is 0 Å². The fraction of sp³-hybridized carbons (Fsp3) is 0.375. The van der Waals surface area contributed by atoms with Gasteiger partial charge in [0, 0.05) is 18.3 Å². The molecular formula is C8H8O. The quantitative estimate of drug-likeness (QED) is 0.440. The molecule has 2 rings (SSSR count). The van der Waals surface area contributed by atoms with Crippen LogP contribution in [0.3, 0.4) is 0 Å². The van der Waals surface area contributed by atoms with Gasteiger partial charge in [0.15, 0.2) is 0 Å². The predicted molar refractivity (Wildman–Crippen MR) is 34.9 cm³/mol. The lowest BCUT2D eigenvalue weighted by Gasteiger charge is -2.27. The summed E-state index contributed by atoms with van der Waals surface area (Å²) in [6, 6.07) is 0. The highest BCUT2D eigenvalue weighted by atomic mass is 16.1. The molecule has 0 fully saturated rings. The maximum Gasteiger partial charge on any atom is 0.144 e. The molecule has 2 aliphatic rings. The SMILES string of the molecule is O=C1CC=C[C@H]2C=C[C@@H]12. The first kappa shape index (κ1) is 4.98. The Bertz CT molecular complexity index is 201. The van der Waals surface area contributed by atoms with Crippen LogP contribution in [0.5, 0.6) is 0 Å². The average molecular weight is 120 g/mol. The van der Waals surface area contributed by atoms with Gasteiger partial charge in [-0.2, -0.15) is 0 Å². The van der Waals surface area contributed by atoms with Gasteiger partial charge in [-0.25, -0.2) is 0 Å². The van der Waals surface area contributed by atoms with E-state index in [-0.39, 0.29) is 5.92 Å². The smallest absolute Gasteiger partial charge is 0.144 e. The normalized spacial score (nSPS) is 38.0. The molecule has 0 bridgehead atoms. The molecule has 0 spiro atoms. The van der Waals surface area contributed by atoms with Crippen molar-refractivity contribution in [3.05, 3.63) is 24.3 Å². The van der Waals surface area contributed by atoms with Gasteiger partial charge < -0.3 is 0 Å². The first-order valence-corrected chi connectivity index (χ1v) is 3.25. The van der Waals surface area contributed by atoms with E-state index in [1.807, 2.05) is 12.2 Å². The Kier molecular flexibility index (Phi) is 0.865. The molecule has 0 aromatic heterocycles. The third-order valence-corrected chi connectivity index (χ3v) is 2.00. The number of fused-ring (bicyclic) bond motifs is 1. The molecule has 0 saturated carbocycles. The first-order chi connectivity index (χ1) is 4.38. The summed E-state index contributed by atoms with van der Waals surface area (Å²) in [5, 5.41) is 0. The standard InChI is InChI=1S/C8H8O/c9-8-3-1-2-6-4-5-7(6)8/h1-2,4-7H,3H2/t6-,7+/m0/s1. The van der Waals surface area contributed by atoms with Crippen molar-refractivity contribution in [3.8, 4) is 0 Å². The predicted octanol–water partition coefficient (Wildman–Crippen LogP) is 1.32. The second-order valence-corrected chi connectivity index (χ2v) is 2.59. The molecule has 0 aromatic carbocycles. The minimum absolute atomic E-state index is 0.245. The van der Waals surface area contributed by atoms with Crippen LogP contribution >= 0.6 is 0 Å². The first-order valence-electron chi connectivity index (χ1n) is 3.25. The Hall–Kier alpha value is -0.850. The largest absolute Gasteiger partial charge is 0.299 e. The van der Waals surface area contributed by atoms with Crippen LogP contribution in [0.15, 0.2) is 24.3 Å². The molecule has 1 heteroatoms. The molecule has 2 atom stereocenters. The highest BCUT2D eigenvalue weighted by Crippen LogP contribution is 2.31. The molecule has 9 heavy (non-hydrogen) atoms. The Balaban J connectivity index is 2.30. The Morgan fingerprint density at radius 3 is 2.67 bits per heavy atom. The van der Waals surface area contributed by atoms with Crippen molar-refractivity contribution in [3.63, 3.8) is 0 Å². The van der Waals surface area contributed by atoms with Crippen LogP contribution in [0.4, 0.5) is 0 Å². The maximum atomic E-state index is 11.0. The summed E-state index contributed by atoms with van der Waals surface area (Å²) in [6.07, 6.45) is 8.80. The summed E-state index contributed by atoms with van der Waals surface area (Å²) < 4.78 is 0. The molecule has 1 nitrogen and oxygen atoms in total. The Labute approximate surface area is 54.1 Å². The molecule has 0 saturated heterocycles. The fourth-order valence-electron chi connectivity index (χ4n) is 1.33. The van der Waals surface area contributed by atoms with Crippen molar-refractivity contribution in [2.24, 2.45) is 11.8 Å². The molecule has 0 radical (unpaired) electrons. The highest BCUT2D eigenvalue weighted by Gasteiger charge is 2.29. The van der Waals surface area contributed by atoms with Crippen molar-refractivity contribution in [2.75, 3.05) is 0 Å². The van der Waals surface area contributed by atoms with Gasteiger partial charge in [-0.05, 0) is 0 Å². The van der Waals surface area contributed by atoms with Gasteiger partial charge in [-0.3, -0.25) is 4.79 Å². The van der Waals surface area contributed by atoms with Gasteiger partial charge in [-0.1, -0.05) is 24.3 Å². The lowest BCUT2D eigenvalue weighted by molar-refractivity contribution is -0.122. The number of allylic oxidation sites excluding steroid dienone is 4. The van der Waals surface area contributed by atoms with E-state index in [0.717, 1.165) is 0 Å². The second-order valence-electron chi connectivity index (χ2n) is 2.59. The molecule has 0 heterocycles. The monoisotopic (exact) mass is 120 g/mol. The summed E-state index contributed by atoms with van der Waals surface area (Å²) in [5.74, 6) is 1.08. The van der Waals surface area contributed by atoms with Gasteiger partial charge in [0.1, 0.15) is 5.78 Å². The number of Topliss-reactive ketones (excluding diaryl/α,β-unsaturated/α-hetero) is 1. The third-order valence-electron chi connectivity index (χ3n) is 2.00. The van der Waals surface area contributed by atoms with Crippen LogP contribution in [-0.4, -0.2) is 5.78 Å². The van der Waals surface area contributed by atoms with Crippen LogP contribution in [0, 0.1) is 11.8 Å². The summed E-state index contributed by atoms with van der Waals surface area (Å²) in [6.45, 7) is 0. The molecule has 2 aliphatic carbocycles. The zero-order valence-corrected chi connectivity index (χ0v) is 5.08. The van der Waals surface area contributed by atoms with Crippen molar-refractivity contribution in [2.45, 2.75) is 6.42 Å². The minimum atomic E-state index is 0.245. The van der Waals surface area contributed by atoms with Crippen molar-refractivity contribution in [1.82, 2.24) is 0 Å². The third kappa shape index (κ3) is 0.576. The van der Waals surface area contributed by atoms with Gasteiger partial charge in [0.2, 0.25) is 0 Å². The van der Waals surface area contributed by atoms with Crippen LogP contribution < -0.4 is 0 Å². The minimum Gasteiger partial charge on any atom is -0.299 e. The van der Waals surface area contributed by atoms with Crippen LogP contribution in [-0.2, 0) is 4.79 Å². The number of ketones is 1. The van der Waals surface area contributed by atoms with Crippen LogP contribution in [0.2, 0.25) is 0 Å². The number of carbonyl (C=O) groups excluding carboxylic acids is 1. The van der Waals surface area contributed by atoms with E-state index < -0.39 is 0 Å². The topological polar surface area (TPSA) is 17.1 Å². The molecule has 0 unspecified atom stereocenters. The Morgan fingerprint density at radius 2 is 2.22 bits per heavy atom. The average Bonchev–Trinajstić information content (AvgIpc) is 1.74. The van der Waals surface area contributed by atoms with Crippen LogP contribution in [0.1, 0.15) is 6.42 Å². The van der Waals surface area contributed by atoms with E-state index in [1.54, 1.807) is 0 Å². The lowest BCUT2D eigenvalue weighted by atomic mass is 9.75. The molecule has 0 aromatic rings. The van der Waals surface area contributed by atoms with Gasteiger partial charge >= 0.3 is 0 Å². The fourth-order valence-corrected chi connectivity index (χ4v) is 1.33. The summed E-state index contributed by atoms with van der Waals surface area (Å²) in [4.78, 5) is 11.0. The number of carbonyl (C=O) groups is 1. The molecular weight excluding hydrogens is 112 g/mol. The second kappa shape index (κ2) is 1.56. The van der Waals surface area contributed by atoms with Crippen molar-refractivity contribution < 1.29 is 4.79 Å².